The van der Waals surface area contributed by atoms with E-state index in [2.05, 4.69) is 34.6 Å². The molecule has 1 amide bonds. The molecule has 7 heteroatoms. The van der Waals surface area contributed by atoms with E-state index in [4.69, 9.17) is 4.52 Å². The molecule has 0 bridgehead atoms. The first-order chi connectivity index (χ1) is 14.1. The van der Waals surface area contributed by atoms with Crippen LogP contribution in [0.5, 0.6) is 0 Å². The Bertz CT molecular complexity index is 769. The minimum Gasteiger partial charge on any atom is -0.359 e. The Morgan fingerprint density at radius 1 is 1.17 bits per heavy atom. The van der Waals surface area contributed by atoms with Gasteiger partial charge in [-0.15, -0.1) is 0 Å². The second-order valence-electron chi connectivity index (χ2n) is 6.90. The van der Waals surface area contributed by atoms with Crippen LogP contribution in [-0.4, -0.2) is 42.1 Å². The summed E-state index contributed by atoms with van der Waals surface area (Å²) in [7, 11) is 1.68. The van der Waals surface area contributed by atoms with Crippen molar-refractivity contribution in [3.8, 4) is 0 Å². The number of aliphatic imine (C=N–C) groups is 1. The highest BCUT2D eigenvalue weighted by atomic mass is 16.5. The molecule has 0 saturated carbocycles. The highest BCUT2D eigenvalue weighted by Crippen LogP contribution is 2.22. The number of hydrogen-bond acceptors (Lipinski definition) is 4. The predicted octanol–water partition coefficient (Wildman–Crippen LogP) is 3.29. The molecular weight excluding hydrogens is 366 g/mol. The van der Waals surface area contributed by atoms with Gasteiger partial charge in [-0.05, 0) is 25.3 Å². The number of rotatable bonds is 10. The van der Waals surface area contributed by atoms with E-state index >= 15 is 0 Å². The molecule has 158 valence electrons. The van der Waals surface area contributed by atoms with Crippen LogP contribution in [0.15, 0.2) is 45.9 Å². The summed E-state index contributed by atoms with van der Waals surface area (Å²) in [5.41, 5.74) is 2.10. The van der Waals surface area contributed by atoms with Gasteiger partial charge in [-0.25, -0.2) is 0 Å². The Kier molecular flexibility index (Phi) is 9.21. The van der Waals surface area contributed by atoms with Gasteiger partial charge in [0.25, 0.3) is 0 Å². The number of carbonyl (C=O) groups is 1. The number of carbonyl (C=O) groups excluding carboxylic acids is 1. The van der Waals surface area contributed by atoms with Crippen LogP contribution in [-0.2, 0) is 17.9 Å². The molecule has 2 aromatic rings. The Hall–Kier alpha value is -2.83. The van der Waals surface area contributed by atoms with E-state index in [9.17, 15) is 4.79 Å². The summed E-state index contributed by atoms with van der Waals surface area (Å²) in [6.07, 6.45) is 2.08. The Balaban J connectivity index is 1.82. The van der Waals surface area contributed by atoms with Crippen LogP contribution >= 0.6 is 0 Å². The highest BCUT2D eigenvalue weighted by Gasteiger charge is 2.15. The number of guanidine groups is 1. The Labute approximate surface area is 173 Å². The van der Waals surface area contributed by atoms with Crippen LogP contribution in [0.1, 0.15) is 56.5 Å². The molecule has 0 fully saturated rings. The second kappa shape index (κ2) is 11.9. The fourth-order valence-electron chi connectivity index (χ4n) is 3.15. The molecular formula is C22H33N5O2. The number of likely N-dealkylation sites (N-methyl/N-ethyl adjacent to an activating group) is 1. The minimum absolute atomic E-state index is 0.0231. The number of nitrogens with one attached hydrogen (secondary N) is 2. The molecule has 1 aromatic carbocycles. The van der Waals surface area contributed by atoms with Crippen molar-refractivity contribution in [3.63, 3.8) is 0 Å². The summed E-state index contributed by atoms with van der Waals surface area (Å²) in [6.45, 7) is 8.18. The molecule has 0 aliphatic rings. The predicted molar refractivity (Wildman–Crippen MR) is 116 cm³/mol. The second-order valence-corrected chi connectivity index (χ2v) is 6.90. The molecule has 29 heavy (non-hydrogen) atoms. The van der Waals surface area contributed by atoms with E-state index in [1.165, 1.54) is 0 Å². The smallest absolute Gasteiger partial charge is 0.242 e. The summed E-state index contributed by atoms with van der Waals surface area (Å²) in [6, 6.07) is 12.0. The van der Waals surface area contributed by atoms with Gasteiger partial charge in [0, 0.05) is 32.1 Å². The van der Waals surface area contributed by atoms with Crippen LogP contribution in [0, 0.1) is 0 Å². The van der Waals surface area contributed by atoms with Gasteiger partial charge in [0.2, 0.25) is 5.91 Å². The lowest BCUT2D eigenvalue weighted by atomic mass is 9.99. The molecule has 0 atom stereocenters. The number of amides is 1. The zero-order chi connectivity index (χ0) is 21.1. The van der Waals surface area contributed by atoms with E-state index in [1.807, 2.05) is 48.2 Å². The average Bonchev–Trinajstić information content (AvgIpc) is 3.22. The van der Waals surface area contributed by atoms with Gasteiger partial charge >= 0.3 is 0 Å². The van der Waals surface area contributed by atoms with Crippen LogP contribution < -0.4 is 10.6 Å². The number of aromatic nitrogens is 1. The first kappa shape index (κ1) is 22.5. The van der Waals surface area contributed by atoms with Gasteiger partial charge < -0.3 is 20.1 Å². The number of nitrogens with zero attached hydrogens (tertiary/aromatic N) is 3. The quantitative estimate of drug-likeness (QED) is 0.473. The SMILES string of the molecule is CCC(CC)c1cc(CNC(=NC)NCC(=O)N(CC)Cc2ccccc2)on1. The van der Waals surface area contributed by atoms with E-state index in [1.54, 1.807) is 7.05 Å². The highest BCUT2D eigenvalue weighted by molar-refractivity contribution is 5.86. The molecule has 2 rings (SSSR count). The molecule has 1 aromatic heterocycles. The van der Waals surface area contributed by atoms with E-state index in [-0.39, 0.29) is 12.5 Å². The maximum atomic E-state index is 12.6. The van der Waals surface area contributed by atoms with E-state index in [0.29, 0.717) is 31.5 Å². The molecule has 0 aliphatic heterocycles. The van der Waals surface area contributed by atoms with Crippen molar-refractivity contribution in [3.05, 3.63) is 53.4 Å². The van der Waals surface area contributed by atoms with Gasteiger partial charge in [-0.2, -0.15) is 0 Å². The molecule has 0 spiro atoms. The van der Waals surface area contributed by atoms with Crippen molar-refractivity contribution in [2.75, 3.05) is 20.1 Å². The summed E-state index contributed by atoms with van der Waals surface area (Å²) in [5.74, 6) is 1.75. The van der Waals surface area contributed by atoms with Crippen molar-refractivity contribution < 1.29 is 9.32 Å². The van der Waals surface area contributed by atoms with Gasteiger partial charge in [0.05, 0.1) is 18.8 Å². The molecule has 7 nitrogen and oxygen atoms in total. The van der Waals surface area contributed by atoms with Gasteiger partial charge in [0.1, 0.15) is 0 Å². The normalized spacial score (nSPS) is 11.6. The molecule has 0 aliphatic carbocycles. The maximum Gasteiger partial charge on any atom is 0.242 e. The molecule has 0 saturated heterocycles. The molecule has 0 radical (unpaired) electrons. The zero-order valence-electron chi connectivity index (χ0n) is 17.9. The zero-order valence-corrected chi connectivity index (χ0v) is 17.9. The van der Waals surface area contributed by atoms with Crippen molar-refractivity contribution in [1.29, 1.82) is 0 Å². The number of benzene rings is 1. The van der Waals surface area contributed by atoms with Crippen molar-refractivity contribution in [1.82, 2.24) is 20.7 Å². The molecule has 1 heterocycles. The largest absolute Gasteiger partial charge is 0.359 e. The minimum atomic E-state index is 0.0231. The molecule has 2 N–H and O–H groups in total. The van der Waals surface area contributed by atoms with Crippen LogP contribution in [0.2, 0.25) is 0 Å². The fraction of sp³-hybridized carbons (Fsp3) is 0.500. The van der Waals surface area contributed by atoms with Crippen LogP contribution in [0.25, 0.3) is 0 Å². The van der Waals surface area contributed by atoms with Crippen molar-refractivity contribution in [2.45, 2.75) is 52.6 Å². The van der Waals surface area contributed by atoms with Crippen LogP contribution in [0.3, 0.4) is 0 Å². The van der Waals surface area contributed by atoms with E-state index in [0.717, 1.165) is 29.9 Å². The molecule has 0 unspecified atom stereocenters. The van der Waals surface area contributed by atoms with Crippen molar-refractivity contribution in [2.24, 2.45) is 4.99 Å². The fourth-order valence-corrected chi connectivity index (χ4v) is 3.15. The standard InChI is InChI=1S/C22H33N5O2/c1-5-18(6-2)20-13-19(29-26-20)14-24-22(23-4)25-15-21(28)27(7-3)16-17-11-9-8-10-12-17/h8-13,18H,5-7,14-16H2,1-4H3,(H2,23,24,25). The van der Waals surface area contributed by atoms with Gasteiger partial charge in [-0.1, -0.05) is 49.3 Å². The lowest BCUT2D eigenvalue weighted by Crippen LogP contribution is -2.44. The summed E-state index contributed by atoms with van der Waals surface area (Å²) >= 11 is 0. The lowest BCUT2D eigenvalue weighted by molar-refractivity contribution is -0.130. The number of hydrogen-bond donors (Lipinski definition) is 2. The maximum absolute atomic E-state index is 12.6. The topological polar surface area (TPSA) is 82.8 Å². The third-order valence-electron chi connectivity index (χ3n) is 4.99. The first-order valence-electron chi connectivity index (χ1n) is 10.3. The van der Waals surface area contributed by atoms with Crippen molar-refractivity contribution >= 4 is 11.9 Å². The summed E-state index contributed by atoms with van der Waals surface area (Å²) < 4.78 is 5.42. The van der Waals surface area contributed by atoms with Gasteiger partial charge in [0.15, 0.2) is 11.7 Å². The monoisotopic (exact) mass is 399 g/mol. The van der Waals surface area contributed by atoms with Gasteiger partial charge in [-0.3, -0.25) is 9.79 Å². The Morgan fingerprint density at radius 3 is 2.52 bits per heavy atom. The summed E-state index contributed by atoms with van der Waals surface area (Å²) in [4.78, 5) is 18.6. The van der Waals surface area contributed by atoms with Crippen LogP contribution in [0.4, 0.5) is 0 Å². The third-order valence-corrected chi connectivity index (χ3v) is 4.99. The average molecular weight is 400 g/mol. The first-order valence-corrected chi connectivity index (χ1v) is 10.3. The lowest BCUT2D eigenvalue weighted by Gasteiger charge is -2.22. The summed E-state index contributed by atoms with van der Waals surface area (Å²) in [5, 5.41) is 10.4. The Morgan fingerprint density at radius 2 is 1.90 bits per heavy atom. The third kappa shape index (κ3) is 6.93. The van der Waals surface area contributed by atoms with E-state index < -0.39 is 0 Å².